The first kappa shape index (κ1) is 16.5. The van der Waals surface area contributed by atoms with Gasteiger partial charge in [-0.25, -0.2) is 9.20 Å². The summed E-state index contributed by atoms with van der Waals surface area (Å²) in [4.78, 5) is 16.3. The fourth-order valence-corrected chi connectivity index (χ4v) is 3.15. The first-order valence-electron chi connectivity index (χ1n) is 8.24. The van der Waals surface area contributed by atoms with Crippen molar-refractivity contribution in [1.82, 2.24) is 24.4 Å². The molecule has 0 spiro atoms. The number of rotatable bonds is 3. The van der Waals surface area contributed by atoms with E-state index in [2.05, 4.69) is 15.2 Å². The van der Waals surface area contributed by atoms with Crippen LogP contribution in [0.5, 0.6) is 0 Å². The van der Waals surface area contributed by atoms with Crippen LogP contribution in [0.25, 0.3) is 28.0 Å². The number of halogens is 1. The first-order chi connectivity index (χ1) is 12.6. The second-order valence-corrected chi connectivity index (χ2v) is 6.61. The Hall–Kier alpha value is -2.99. The third kappa shape index (κ3) is 2.68. The molecule has 4 rings (SSSR count). The molecule has 0 saturated carbocycles. The molecule has 1 aromatic carbocycles. The number of fused-ring (bicyclic) bond motifs is 1. The normalized spacial score (nSPS) is 11.4. The highest BCUT2D eigenvalue weighted by Gasteiger charge is 2.20. The van der Waals surface area contributed by atoms with Gasteiger partial charge in [-0.3, -0.25) is 9.78 Å². The predicted molar refractivity (Wildman–Crippen MR) is 101 cm³/mol. The standard InChI is InChI=1S/C19H16ClN5O/c1-12(2)25-17(26)8-7-15(22-25)18-16-11-21-9-10-24(16)23-19(18)13-5-3-4-6-14(13)20/h3-12H,1-2H3. The molecule has 6 nitrogen and oxygen atoms in total. The van der Waals surface area contributed by atoms with Gasteiger partial charge in [-0.05, 0) is 26.0 Å². The zero-order chi connectivity index (χ0) is 18.3. The van der Waals surface area contributed by atoms with Crippen LogP contribution in [0.1, 0.15) is 19.9 Å². The lowest BCUT2D eigenvalue weighted by molar-refractivity contribution is 0.505. The molecule has 4 aromatic rings. The quantitative estimate of drug-likeness (QED) is 0.553. The molecule has 3 heterocycles. The molecule has 0 atom stereocenters. The maximum atomic E-state index is 12.1. The molecule has 0 fully saturated rings. The van der Waals surface area contributed by atoms with E-state index < -0.39 is 0 Å². The Labute approximate surface area is 154 Å². The van der Waals surface area contributed by atoms with Crippen molar-refractivity contribution in [3.05, 3.63) is 70.4 Å². The van der Waals surface area contributed by atoms with Crippen LogP contribution in [0.15, 0.2) is 59.8 Å². The summed E-state index contributed by atoms with van der Waals surface area (Å²) < 4.78 is 3.21. The lowest BCUT2D eigenvalue weighted by Gasteiger charge is -2.10. The summed E-state index contributed by atoms with van der Waals surface area (Å²) in [5, 5.41) is 9.84. The summed E-state index contributed by atoms with van der Waals surface area (Å²) in [5.74, 6) is 0. The zero-order valence-corrected chi connectivity index (χ0v) is 15.1. The lowest BCUT2D eigenvalue weighted by Crippen LogP contribution is -2.23. The van der Waals surface area contributed by atoms with Gasteiger partial charge in [0.2, 0.25) is 0 Å². The van der Waals surface area contributed by atoms with Crippen molar-refractivity contribution >= 4 is 17.1 Å². The van der Waals surface area contributed by atoms with Crippen LogP contribution in [0, 0.1) is 0 Å². The van der Waals surface area contributed by atoms with E-state index in [1.54, 1.807) is 29.2 Å². The Balaban J connectivity index is 2.06. The lowest BCUT2D eigenvalue weighted by atomic mass is 10.0. The monoisotopic (exact) mass is 365 g/mol. The third-order valence-corrected chi connectivity index (χ3v) is 4.47. The summed E-state index contributed by atoms with van der Waals surface area (Å²) in [6, 6.07) is 10.7. The van der Waals surface area contributed by atoms with Gasteiger partial charge in [-0.2, -0.15) is 10.2 Å². The van der Waals surface area contributed by atoms with E-state index in [9.17, 15) is 4.79 Å². The van der Waals surface area contributed by atoms with Crippen molar-refractivity contribution < 1.29 is 0 Å². The predicted octanol–water partition coefficient (Wildman–Crippen LogP) is 3.85. The van der Waals surface area contributed by atoms with Crippen molar-refractivity contribution in [3.8, 4) is 22.5 Å². The van der Waals surface area contributed by atoms with E-state index in [0.29, 0.717) is 16.4 Å². The SMILES string of the molecule is CC(C)n1nc(-c2c(-c3ccccc3Cl)nn3ccncc23)ccc1=O. The molecular weight excluding hydrogens is 350 g/mol. The van der Waals surface area contributed by atoms with Crippen LogP contribution in [0.3, 0.4) is 0 Å². The van der Waals surface area contributed by atoms with Crippen LogP contribution in [0.2, 0.25) is 5.02 Å². The van der Waals surface area contributed by atoms with E-state index in [1.807, 2.05) is 38.1 Å². The molecule has 0 amide bonds. The molecular formula is C19H16ClN5O. The van der Waals surface area contributed by atoms with Gasteiger partial charge < -0.3 is 0 Å². The Bertz CT molecular complexity index is 1160. The van der Waals surface area contributed by atoms with E-state index in [4.69, 9.17) is 11.6 Å². The average molecular weight is 366 g/mol. The highest BCUT2D eigenvalue weighted by Crippen LogP contribution is 2.36. The van der Waals surface area contributed by atoms with Crippen LogP contribution in [0.4, 0.5) is 0 Å². The molecule has 0 N–H and O–H groups in total. The maximum Gasteiger partial charge on any atom is 0.267 e. The largest absolute Gasteiger partial charge is 0.268 e. The summed E-state index contributed by atoms with van der Waals surface area (Å²) in [6.45, 7) is 3.84. The molecule has 0 aliphatic heterocycles. The Morgan fingerprint density at radius 3 is 2.65 bits per heavy atom. The minimum Gasteiger partial charge on any atom is -0.268 e. The molecule has 0 aliphatic rings. The molecule has 7 heteroatoms. The van der Waals surface area contributed by atoms with E-state index in [1.165, 1.54) is 10.7 Å². The van der Waals surface area contributed by atoms with Gasteiger partial charge in [0.05, 0.1) is 34.0 Å². The second kappa shape index (κ2) is 6.38. The second-order valence-electron chi connectivity index (χ2n) is 6.20. The van der Waals surface area contributed by atoms with Gasteiger partial charge in [0.15, 0.2) is 0 Å². The van der Waals surface area contributed by atoms with Crippen molar-refractivity contribution in [2.24, 2.45) is 0 Å². The summed E-state index contributed by atoms with van der Waals surface area (Å²) in [6.07, 6.45) is 5.18. The molecule has 3 aromatic heterocycles. The van der Waals surface area contributed by atoms with E-state index >= 15 is 0 Å². The molecule has 130 valence electrons. The Morgan fingerprint density at radius 1 is 1.08 bits per heavy atom. The van der Waals surface area contributed by atoms with E-state index in [-0.39, 0.29) is 11.6 Å². The smallest absolute Gasteiger partial charge is 0.267 e. The fourth-order valence-electron chi connectivity index (χ4n) is 2.92. The molecule has 0 unspecified atom stereocenters. The summed E-state index contributed by atoms with van der Waals surface area (Å²) in [5.41, 5.74) is 3.60. The highest BCUT2D eigenvalue weighted by atomic mass is 35.5. The Morgan fingerprint density at radius 2 is 1.88 bits per heavy atom. The van der Waals surface area contributed by atoms with Crippen LogP contribution in [-0.4, -0.2) is 24.4 Å². The summed E-state index contributed by atoms with van der Waals surface area (Å²) in [7, 11) is 0. The molecule has 0 aliphatic carbocycles. The zero-order valence-electron chi connectivity index (χ0n) is 14.3. The Kier molecular flexibility index (Phi) is 4.05. The van der Waals surface area contributed by atoms with Gasteiger partial charge in [-0.1, -0.05) is 29.8 Å². The number of hydrogen-bond donors (Lipinski definition) is 0. The van der Waals surface area contributed by atoms with Crippen molar-refractivity contribution in [1.29, 1.82) is 0 Å². The average Bonchev–Trinajstić information content (AvgIpc) is 3.01. The summed E-state index contributed by atoms with van der Waals surface area (Å²) >= 11 is 6.41. The minimum absolute atomic E-state index is 0.0498. The molecule has 26 heavy (non-hydrogen) atoms. The van der Waals surface area contributed by atoms with Gasteiger partial charge in [0.1, 0.15) is 5.69 Å². The minimum atomic E-state index is -0.141. The van der Waals surface area contributed by atoms with Crippen molar-refractivity contribution in [3.63, 3.8) is 0 Å². The number of hydrogen-bond acceptors (Lipinski definition) is 4. The fraction of sp³-hybridized carbons (Fsp3) is 0.158. The van der Waals surface area contributed by atoms with Gasteiger partial charge >= 0.3 is 0 Å². The molecule has 0 bridgehead atoms. The van der Waals surface area contributed by atoms with E-state index in [0.717, 1.165) is 16.6 Å². The van der Waals surface area contributed by atoms with Crippen LogP contribution >= 0.6 is 11.6 Å². The number of benzene rings is 1. The third-order valence-electron chi connectivity index (χ3n) is 4.14. The highest BCUT2D eigenvalue weighted by molar-refractivity contribution is 6.33. The number of nitrogens with zero attached hydrogens (tertiary/aromatic N) is 5. The van der Waals surface area contributed by atoms with Gasteiger partial charge in [0, 0.05) is 24.0 Å². The van der Waals surface area contributed by atoms with Crippen molar-refractivity contribution in [2.75, 3.05) is 0 Å². The van der Waals surface area contributed by atoms with Gasteiger partial charge in [0.25, 0.3) is 5.56 Å². The van der Waals surface area contributed by atoms with Crippen LogP contribution < -0.4 is 5.56 Å². The van der Waals surface area contributed by atoms with Gasteiger partial charge in [-0.15, -0.1) is 0 Å². The first-order valence-corrected chi connectivity index (χ1v) is 8.61. The maximum absolute atomic E-state index is 12.1. The topological polar surface area (TPSA) is 65.1 Å². The molecule has 0 saturated heterocycles. The number of aromatic nitrogens is 5. The van der Waals surface area contributed by atoms with Crippen molar-refractivity contribution in [2.45, 2.75) is 19.9 Å². The molecule has 0 radical (unpaired) electrons. The van der Waals surface area contributed by atoms with Crippen LogP contribution in [-0.2, 0) is 0 Å².